The highest BCUT2D eigenvalue weighted by Crippen LogP contribution is 2.16. The minimum atomic E-state index is 0.675. The second-order valence-corrected chi connectivity index (χ2v) is 5.98. The van der Waals surface area contributed by atoms with Crippen molar-refractivity contribution in [1.29, 1.82) is 0 Å². The lowest BCUT2D eigenvalue weighted by Crippen LogP contribution is -2.35. The van der Waals surface area contributed by atoms with Gasteiger partial charge in [-0.15, -0.1) is 0 Å². The smallest absolute Gasteiger partial charge is 0.126 e. The number of fused-ring (bicyclic) bond motifs is 1. The van der Waals surface area contributed by atoms with Crippen LogP contribution in [0, 0.1) is 0 Å². The molecule has 1 aromatic carbocycles. The van der Waals surface area contributed by atoms with E-state index in [9.17, 15) is 0 Å². The molecule has 1 aliphatic heterocycles. The third kappa shape index (κ3) is 3.39. The summed E-state index contributed by atoms with van der Waals surface area (Å²) in [6.45, 7) is 5.11. The van der Waals surface area contributed by atoms with Crippen molar-refractivity contribution >= 4 is 16.7 Å². The van der Waals surface area contributed by atoms with Gasteiger partial charge in [-0.3, -0.25) is 10.00 Å². The van der Waals surface area contributed by atoms with Gasteiger partial charge in [-0.25, -0.2) is 4.98 Å². The van der Waals surface area contributed by atoms with Gasteiger partial charge in [0.25, 0.3) is 0 Å². The molecule has 0 radical (unpaired) electrons. The number of hydrogen-bond donors (Lipinski definition) is 2. The SMILES string of the molecule is c1cc(CN2CCOCC2)nc(NCc2[nH]nc3ccccc23)c1. The summed E-state index contributed by atoms with van der Waals surface area (Å²) < 4.78 is 5.39. The highest BCUT2D eigenvalue weighted by atomic mass is 16.5. The molecular weight excluding hydrogens is 302 g/mol. The maximum absolute atomic E-state index is 5.39. The Morgan fingerprint density at radius 2 is 1.96 bits per heavy atom. The van der Waals surface area contributed by atoms with Crippen LogP contribution in [-0.2, 0) is 17.8 Å². The first-order valence-electron chi connectivity index (χ1n) is 8.30. The summed E-state index contributed by atoms with van der Waals surface area (Å²) in [5.41, 5.74) is 3.14. The first-order chi connectivity index (χ1) is 11.9. The number of rotatable bonds is 5. The summed E-state index contributed by atoms with van der Waals surface area (Å²) >= 11 is 0. The summed E-state index contributed by atoms with van der Waals surface area (Å²) in [6, 6.07) is 14.2. The second kappa shape index (κ2) is 6.98. The molecule has 2 N–H and O–H groups in total. The molecule has 3 aromatic rings. The van der Waals surface area contributed by atoms with Crippen molar-refractivity contribution in [2.45, 2.75) is 13.1 Å². The van der Waals surface area contributed by atoms with Crippen LogP contribution in [0.3, 0.4) is 0 Å². The van der Waals surface area contributed by atoms with Crippen LogP contribution in [0.15, 0.2) is 42.5 Å². The quantitative estimate of drug-likeness (QED) is 0.755. The Kier molecular flexibility index (Phi) is 4.40. The van der Waals surface area contributed by atoms with Crippen molar-refractivity contribution in [3.8, 4) is 0 Å². The standard InChI is InChI=1S/C18H21N5O/c1-2-6-16-15(5-1)17(22-21-16)12-19-18-7-3-4-14(20-18)13-23-8-10-24-11-9-23/h1-7H,8-13H2,(H,19,20)(H,21,22). The summed E-state index contributed by atoms with van der Waals surface area (Å²) in [5, 5.41) is 12.0. The highest BCUT2D eigenvalue weighted by molar-refractivity contribution is 5.81. The number of ether oxygens (including phenoxy) is 1. The number of nitrogens with zero attached hydrogens (tertiary/aromatic N) is 3. The fourth-order valence-electron chi connectivity index (χ4n) is 2.98. The van der Waals surface area contributed by atoms with Crippen LogP contribution in [0.2, 0.25) is 0 Å². The van der Waals surface area contributed by atoms with Gasteiger partial charge < -0.3 is 10.1 Å². The molecule has 0 amide bonds. The predicted octanol–water partition coefficient (Wildman–Crippen LogP) is 2.40. The number of pyridine rings is 1. The maximum atomic E-state index is 5.39. The Labute approximate surface area is 140 Å². The van der Waals surface area contributed by atoms with Gasteiger partial charge in [0.05, 0.1) is 36.7 Å². The average Bonchev–Trinajstić information content (AvgIpc) is 3.04. The number of para-hydroxylation sites is 1. The van der Waals surface area contributed by atoms with E-state index in [1.165, 1.54) is 0 Å². The van der Waals surface area contributed by atoms with E-state index in [1.807, 2.05) is 24.3 Å². The summed E-state index contributed by atoms with van der Waals surface area (Å²) in [6.07, 6.45) is 0. The Bertz CT molecular complexity index is 810. The van der Waals surface area contributed by atoms with E-state index in [0.717, 1.165) is 61.0 Å². The molecule has 4 rings (SSSR count). The molecule has 6 heteroatoms. The van der Waals surface area contributed by atoms with E-state index in [1.54, 1.807) is 0 Å². The fraction of sp³-hybridized carbons (Fsp3) is 0.333. The molecular formula is C18H21N5O. The minimum absolute atomic E-state index is 0.675. The normalized spacial score (nSPS) is 15.7. The average molecular weight is 323 g/mol. The minimum Gasteiger partial charge on any atom is -0.379 e. The molecule has 24 heavy (non-hydrogen) atoms. The number of hydrogen-bond acceptors (Lipinski definition) is 5. The molecule has 2 aromatic heterocycles. The number of benzene rings is 1. The fourth-order valence-corrected chi connectivity index (χ4v) is 2.98. The Morgan fingerprint density at radius 3 is 2.88 bits per heavy atom. The second-order valence-electron chi connectivity index (χ2n) is 5.98. The zero-order valence-electron chi connectivity index (χ0n) is 13.5. The molecule has 6 nitrogen and oxygen atoms in total. The third-order valence-electron chi connectivity index (χ3n) is 4.28. The lowest BCUT2D eigenvalue weighted by atomic mass is 10.2. The van der Waals surface area contributed by atoms with Gasteiger partial charge in [0.2, 0.25) is 0 Å². The monoisotopic (exact) mass is 323 g/mol. The molecule has 0 unspecified atom stereocenters. The van der Waals surface area contributed by atoms with E-state index >= 15 is 0 Å². The third-order valence-corrected chi connectivity index (χ3v) is 4.28. The number of H-pyrrole nitrogens is 1. The van der Waals surface area contributed by atoms with Crippen LogP contribution < -0.4 is 5.32 Å². The number of morpholine rings is 1. The lowest BCUT2D eigenvalue weighted by molar-refractivity contribution is 0.0337. The van der Waals surface area contributed by atoms with E-state index in [4.69, 9.17) is 9.72 Å². The zero-order chi connectivity index (χ0) is 16.2. The van der Waals surface area contributed by atoms with Gasteiger partial charge in [0.1, 0.15) is 5.82 Å². The largest absolute Gasteiger partial charge is 0.379 e. The predicted molar refractivity (Wildman–Crippen MR) is 93.8 cm³/mol. The molecule has 1 fully saturated rings. The van der Waals surface area contributed by atoms with E-state index in [-0.39, 0.29) is 0 Å². The van der Waals surface area contributed by atoms with E-state index < -0.39 is 0 Å². The summed E-state index contributed by atoms with van der Waals surface area (Å²) in [7, 11) is 0. The van der Waals surface area contributed by atoms with E-state index in [2.05, 4.69) is 38.6 Å². The molecule has 0 aliphatic carbocycles. The molecule has 0 spiro atoms. The summed E-state index contributed by atoms with van der Waals surface area (Å²) in [5.74, 6) is 0.888. The van der Waals surface area contributed by atoms with Gasteiger partial charge in [0.15, 0.2) is 0 Å². The first-order valence-corrected chi connectivity index (χ1v) is 8.30. The number of anilines is 1. The molecule has 0 saturated carbocycles. The molecule has 1 saturated heterocycles. The van der Waals surface area contributed by atoms with Crippen LogP contribution in [0.4, 0.5) is 5.82 Å². The molecule has 0 bridgehead atoms. The van der Waals surface area contributed by atoms with Crippen molar-refractivity contribution in [2.75, 3.05) is 31.6 Å². The molecule has 1 aliphatic rings. The van der Waals surface area contributed by atoms with Gasteiger partial charge >= 0.3 is 0 Å². The van der Waals surface area contributed by atoms with Crippen LogP contribution >= 0.6 is 0 Å². The van der Waals surface area contributed by atoms with Crippen molar-refractivity contribution < 1.29 is 4.74 Å². The van der Waals surface area contributed by atoms with Crippen LogP contribution in [0.5, 0.6) is 0 Å². The first kappa shape index (κ1) is 15.1. The van der Waals surface area contributed by atoms with Gasteiger partial charge in [-0.1, -0.05) is 24.3 Å². The molecule has 3 heterocycles. The van der Waals surface area contributed by atoms with Gasteiger partial charge in [0, 0.05) is 25.0 Å². The van der Waals surface area contributed by atoms with Gasteiger partial charge in [-0.05, 0) is 18.2 Å². The maximum Gasteiger partial charge on any atom is 0.126 e. The van der Waals surface area contributed by atoms with Crippen LogP contribution in [0.1, 0.15) is 11.4 Å². The van der Waals surface area contributed by atoms with Crippen LogP contribution in [-0.4, -0.2) is 46.4 Å². The number of nitrogens with one attached hydrogen (secondary N) is 2. The topological polar surface area (TPSA) is 66.1 Å². The van der Waals surface area contributed by atoms with Crippen LogP contribution in [0.25, 0.3) is 10.9 Å². The lowest BCUT2D eigenvalue weighted by Gasteiger charge is -2.26. The van der Waals surface area contributed by atoms with Crippen molar-refractivity contribution in [3.05, 3.63) is 53.9 Å². The number of aromatic nitrogens is 3. The van der Waals surface area contributed by atoms with Crippen molar-refractivity contribution in [1.82, 2.24) is 20.1 Å². The Hall–Kier alpha value is -2.44. The van der Waals surface area contributed by atoms with Crippen molar-refractivity contribution in [2.24, 2.45) is 0 Å². The number of aromatic amines is 1. The highest BCUT2D eigenvalue weighted by Gasteiger charge is 2.11. The molecule has 0 atom stereocenters. The molecule has 124 valence electrons. The zero-order valence-corrected chi connectivity index (χ0v) is 13.5. The summed E-state index contributed by atoms with van der Waals surface area (Å²) in [4.78, 5) is 7.09. The Balaban J connectivity index is 1.42. The van der Waals surface area contributed by atoms with E-state index in [0.29, 0.717) is 6.54 Å². The van der Waals surface area contributed by atoms with Gasteiger partial charge in [-0.2, -0.15) is 5.10 Å². The van der Waals surface area contributed by atoms with Crippen molar-refractivity contribution in [3.63, 3.8) is 0 Å². The Morgan fingerprint density at radius 1 is 1.08 bits per heavy atom.